The number of para-hydroxylation sites is 1. The van der Waals surface area contributed by atoms with Crippen LogP contribution in [0.5, 0.6) is 11.5 Å². The normalized spacial score (nSPS) is 10.6. The maximum atomic E-state index is 13.2. The van der Waals surface area contributed by atoms with E-state index >= 15 is 0 Å². The summed E-state index contributed by atoms with van der Waals surface area (Å²) in [5.41, 5.74) is 2.57. The second-order valence-electron chi connectivity index (χ2n) is 7.09. The highest BCUT2D eigenvalue weighted by Crippen LogP contribution is 2.34. The third kappa shape index (κ3) is 4.00. The summed E-state index contributed by atoms with van der Waals surface area (Å²) in [4.78, 5) is 26.1. The van der Waals surface area contributed by atoms with E-state index in [1.54, 1.807) is 55.6 Å². The first-order valence-corrected chi connectivity index (χ1v) is 9.93. The van der Waals surface area contributed by atoms with Crippen molar-refractivity contribution in [2.75, 3.05) is 24.9 Å². The number of rotatable bonds is 6. The number of aryl methyl sites for hydroxylation is 1. The van der Waals surface area contributed by atoms with Crippen molar-refractivity contribution in [3.05, 3.63) is 83.6 Å². The topological polar surface area (TPSA) is 89.8 Å². The van der Waals surface area contributed by atoms with E-state index in [0.29, 0.717) is 39.4 Å². The molecule has 1 heterocycles. The van der Waals surface area contributed by atoms with E-state index in [4.69, 9.17) is 13.9 Å². The fourth-order valence-electron chi connectivity index (χ4n) is 3.42. The van der Waals surface area contributed by atoms with Gasteiger partial charge in [-0.1, -0.05) is 30.3 Å². The zero-order valence-corrected chi connectivity index (χ0v) is 17.9. The number of carbonyl (C=O) groups excluding carboxylic acids is 2. The van der Waals surface area contributed by atoms with Gasteiger partial charge in [0.2, 0.25) is 5.76 Å². The molecule has 32 heavy (non-hydrogen) atoms. The summed E-state index contributed by atoms with van der Waals surface area (Å²) in [5.74, 6) is 0.163. The summed E-state index contributed by atoms with van der Waals surface area (Å²) in [5, 5.41) is 6.28. The summed E-state index contributed by atoms with van der Waals surface area (Å²) < 4.78 is 16.4. The van der Waals surface area contributed by atoms with Crippen molar-refractivity contribution < 1.29 is 23.5 Å². The Hall–Kier alpha value is -4.26. The molecular formula is C25H22N2O5. The molecule has 7 nitrogen and oxygen atoms in total. The summed E-state index contributed by atoms with van der Waals surface area (Å²) in [6.45, 7) is 1.85. The zero-order chi connectivity index (χ0) is 22.7. The lowest BCUT2D eigenvalue weighted by Crippen LogP contribution is -2.18. The molecule has 7 heteroatoms. The van der Waals surface area contributed by atoms with Gasteiger partial charge < -0.3 is 24.5 Å². The summed E-state index contributed by atoms with van der Waals surface area (Å²) >= 11 is 0. The molecule has 4 aromatic rings. The Morgan fingerprint density at radius 1 is 0.844 bits per heavy atom. The molecule has 0 aliphatic rings. The van der Waals surface area contributed by atoms with Crippen molar-refractivity contribution in [1.29, 1.82) is 0 Å². The van der Waals surface area contributed by atoms with Crippen LogP contribution in [0.25, 0.3) is 11.0 Å². The maximum absolute atomic E-state index is 13.2. The van der Waals surface area contributed by atoms with E-state index in [2.05, 4.69) is 10.6 Å². The van der Waals surface area contributed by atoms with Crippen molar-refractivity contribution in [2.24, 2.45) is 0 Å². The molecule has 162 valence electrons. The highest BCUT2D eigenvalue weighted by molar-refractivity contribution is 6.17. The van der Waals surface area contributed by atoms with Gasteiger partial charge in [0.1, 0.15) is 22.8 Å². The van der Waals surface area contributed by atoms with Crippen molar-refractivity contribution >= 4 is 34.2 Å². The number of nitrogens with one attached hydrogen (secondary N) is 2. The third-order valence-corrected chi connectivity index (χ3v) is 5.09. The Balaban J connectivity index is 1.71. The summed E-state index contributed by atoms with van der Waals surface area (Å²) in [6.07, 6.45) is 0. The average Bonchev–Trinajstić information content (AvgIpc) is 3.18. The standard InChI is InChI=1S/C25H22N2O5/c1-15-8-4-5-9-17(15)24(28)27-22-18-10-6-7-11-20(18)32-23(22)25(29)26-19-13-12-16(30-2)14-21(19)31-3/h4-14H,1-3H3,(H,26,29)(H,27,28). The quantitative estimate of drug-likeness (QED) is 0.435. The fourth-order valence-corrected chi connectivity index (χ4v) is 3.42. The first-order valence-electron chi connectivity index (χ1n) is 9.93. The molecule has 1 aromatic heterocycles. The lowest BCUT2D eigenvalue weighted by Gasteiger charge is -2.12. The van der Waals surface area contributed by atoms with Crippen LogP contribution in [0, 0.1) is 6.92 Å². The van der Waals surface area contributed by atoms with Crippen LogP contribution in [0.15, 0.2) is 71.1 Å². The van der Waals surface area contributed by atoms with E-state index in [1.807, 2.05) is 25.1 Å². The minimum atomic E-state index is -0.523. The van der Waals surface area contributed by atoms with Gasteiger partial charge in [-0.15, -0.1) is 0 Å². The number of carbonyl (C=O) groups is 2. The van der Waals surface area contributed by atoms with Crippen LogP contribution in [0.4, 0.5) is 11.4 Å². The number of methoxy groups -OCH3 is 2. The largest absolute Gasteiger partial charge is 0.497 e. The molecule has 0 radical (unpaired) electrons. The minimum Gasteiger partial charge on any atom is -0.497 e. The molecule has 0 fully saturated rings. The molecule has 0 unspecified atom stereocenters. The van der Waals surface area contributed by atoms with Crippen molar-refractivity contribution in [2.45, 2.75) is 6.92 Å². The van der Waals surface area contributed by atoms with E-state index in [9.17, 15) is 9.59 Å². The van der Waals surface area contributed by atoms with E-state index in [0.717, 1.165) is 5.56 Å². The number of ether oxygens (including phenoxy) is 2. The van der Waals surface area contributed by atoms with Crippen LogP contribution in [-0.4, -0.2) is 26.0 Å². The molecule has 4 rings (SSSR count). The van der Waals surface area contributed by atoms with Crippen molar-refractivity contribution in [3.63, 3.8) is 0 Å². The van der Waals surface area contributed by atoms with Gasteiger partial charge in [0, 0.05) is 17.0 Å². The molecule has 0 spiro atoms. The monoisotopic (exact) mass is 430 g/mol. The number of amides is 2. The molecule has 0 aliphatic heterocycles. The second-order valence-corrected chi connectivity index (χ2v) is 7.09. The number of hydrogen-bond acceptors (Lipinski definition) is 5. The number of furan rings is 1. The highest BCUT2D eigenvalue weighted by atomic mass is 16.5. The van der Waals surface area contributed by atoms with Gasteiger partial charge in [-0.05, 0) is 42.8 Å². The predicted molar refractivity (Wildman–Crippen MR) is 123 cm³/mol. The Bertz CT molecular complexity index is 1310. The molecular weight excluding hydrogens is 408 g/mol. The van der Waals surface area contributed by atoms with Gasteiger partial charge in [0.25, 0.3) is 11.8 Å². The second kappa shape index (κ2) is 8.85. The van der Waals surface area contributed by atoms with Crippen LogP contribution in [0.2, 0.25) is 0 Å². The first-order chi connectivity index (χ1) is 15.5. The lowest BCUT2D eigenvalue weighted by atomic mass is 10.1. The lowest BCUT2D eigenvalue weighted by molar-refractivity contribution is 0.0999. The van der Waals surface area contributed by atoms with Crippen molar-refractivity contribution in [1.82, 2.24) is 0 Å². The average molecular weight is 430 g/mol. The van der Waals surface area contributed by atoms with Gasteiger partial charge in [-0.3, -0.25) is 9.59 Å². The number of benzene rings is 3. The van der Waals surface area contributed by atoms with E-state index in [1.165, 1.54) is 7.11 Å². The molecule has 0 saturated carbocycles. The van der Waals surface area contributed by atoms with E-state index in [-0.39, 0.29) is 11.7 Å². The van der Waals surface area contributed by atoms with Gasteiger partial charge in [-0.25, -0.2) is 0 Å². The Labute approximate surface area is 184 Å². The third-order valence-electron chi connectivity index (χ3n) is 5.09. The molecule has 0 atom stereocenters. The van der Waals surface area contributed by atoms with Crippen LogP contribution in [0.3, 0.4) is 0 Å². The summed E-state index contributed by atoms with van der Waals surface area (Å²) in [6, 6.07) is 19.4. The van der Waals surface area contributed by atoms with Gasteiger partial charge in [0.05, 0.1) is 19.9 Å². The smallest absolute Gasteiger partial charge is 0.293 e. The van der Waals surface area contributed by atoms with Crippen LogP contribution in [-0.2, 0) is 0 Å². The summed E-state index contributed by atoms with van der Waals surface area (Å²) in [7, 11) is 3.05. The maximum Gasteiger partial charge on any atom is 0.293 e. The molecule has 2 amide bonds. The first kappa shape index (κ1) is 21.0. The number of anilines is 2. The Kier molecular flexibility index (Phi) is 5.81. The zero-order valence-electron chi connectivity index (χ0n) is 17.9. The Morgan fingerprint density at radius 3 is 2.34 bits per heavy atom. The predicted octanol–water partition coefficient (Wildman–Crippen LogP) is 5.26. The fraction of sp³-hybridized carbons (Fsp3) is 0.120. The van der Waals surface area contributed by atoms with Crippen molar-refractivity contribution in [3.8, 4) is 11.5 Å². The molecule has 2 N–H and O–H groups in total. The number of hydrogen-bond donors (Lipinski definition) is 2. The van der Waals surface area contributed by atoms with Crippen LogP contribution in [0.1, 0.15) is 26.5 Å². The molecule has 0 bridgehead atoms. The van der Waals surface area contributed by atoms with Gasteiger partial charge >= 0.3 is 0 Å². The highest BCUT2D eigenvalue weighted by Gasteiger charge is 2.24. The molecule has 0 aliphatic carbocycles. The van der Waals surface area contributed by atoms with Crippen LogP contribution < -0.4 is 20.1 Å². The van der Waals surface area contributed by atoms with Crippen LogP contribution >= 0.6 is 0 Å². The molecule has 0 saturated heterocycles. The van der Waals surface area contributed by atoms with Gasteiger partial charge in [-0.2, -0.15) is 0 Å². The minimum absolute atomic E-state index is 0.00833. The van der Waals surface area contributed by atoms with E-state index < -0.39 is 5.91 Å². The number of fused-ring (bicyclic) bond motifs is 1. The SMILES string of the molecule is COc1ccc(NC(=O)c2oc3ccccc3c2NC(=O)c2ccccc2C)c(OC)c1. The Morgan fingerprint density at radius 2 is 1.59 bits per heavy atom. The van der Waals surface area contributed by atoms with Gasteiger partial charge in [0.15, 0.2) is 0 Å². The molecule has 3 aromatic carbocycles.